The Morgan fingerprint density at radius 1 is 1.20 bits per heavy atom. The van der Waals surface area contributed by atoms with E-state index in [0.29, 0.717) is 18.7 Å². The SMILES string of the molecule is CCCCn1c(N)c(N(CC(C)C)C(=O)CCC(=O)NCCOc2ccc(F)cc2)c(=O)[nH]c1=O. The van der Waals surface area contributed by atoms with E-state index in [-0.39, 0.29) is 61.7 Å². The average Bonchev–Trinajstić information content (AvgIpc) is 2.80. The number of nitrogens with zero attached hydrogens (tertiary/aromatic N) is 2. The molecule has 0 spiro atoms. The molecular formula is C24H34FN5O5. The average molecular weight is 492 g/mol. The lowest BCUT2D eigenvalue weighted by molar-refractivity contribution is -0.125. The first-order valence-electron chi connectivity index (χ1n) is 11.7. The number of rotatable bonds is 13. The fourth-order valence-corrected chi connectivity index (χ4v) is 3.39. The number of H-pyrrole nitrogens is 1. The van der Waals surface area contributed by atoms with Crippen molar-refractivity contribution < 1.29 is 18.7 Å². The molecule has 0 saturated heterocycles. The Morgan fingerprint density at radius 3 is 2.51 bits per heavy atom. The molecule has 0 aliphatic carbocycles. The van der Waals surface area contributed by atoms with Crippen molar-refractivity contribution in [3.05, 3.63) is 50.9 Å². The van der Waals surface area contributed by atoms with Crippen LogP contribution in [0.5, 0.6) is 5.75 Å². The molecule has 0 bridgehead atoms. The number of nitrogens with one attached hydrogen (secondary N) is 2. The molecule has 2 aromatic rings. The second-order valence-corrected chi connectivity index (χ2v) is 8.55. The number of carbonyl (C=O) groups excluding carboxylic acids is 2. The summed E-state index contributed by atoms with van der Waals surface area (Å²) in [6.07, 6.45) is 1.25. The number of hydrogen-bond acceptors (Lipinski definition) is 6. The van der Waals surface area contributed by atoms with Crippen molar-refractivity contribution in [3.63, 3.8) is 0 Å². The van der Waals surface area contributed by atoms with Gasteiger partial charge in [0.2, 0.25) is 11.8 Å². The summed E-state index contributed by atoms with van der Waals surface area (Å²) in [5.41, 5.74) is 4.73. The van der Waals surface area contributed by atoms with E-state index in [2.05, 4.69) is 10.3 Å². The minimum absolute atomic E-state index is 0.00575. The van der Waals surface area contributed by atoms with Crippen LogP contribution < -0.4 is 31.9 Å². The molecule has 4 N–H and O–H groups in total. The predicted molar refractivity (Wildman–Crippen MR) is 132 cm³/mol. The zero-order valence-corrected chi connectivity index (χ0v) is 20.4. The molecule has 0 saturated carbocycles. The molecule has 192 valence electrons. The van der Waals surface area contributed by atoms with E-state index in [4.69, 9.17) is 10.5 Å². The highest BCUT2D eigenvalue weighted by Crippen LogP contribution is 2.20. The zero-order chi connectivity index (χ0) is 26.0. The molecule has 10 nitrogen and oxygen atoms in total. The van der Waals surface area contributed by atoms with Gasteiger partial charge in [0.25, 0.3) is 5.56 Å². The summed E-state index contributed by atoms with van der Waals surface area (Å²) in [6, 6.07) is 5.52. The summed E-state index contributed by atoms with van der Waals surface area (Å²) in [5, 5.41) is 2.65. The summed E-state index contributed by atoms with van der Waals surface area (Å²) < 4.78 is 19.6. The molecule has 0 aliphatic heterocycles. The standard InChI is InChI=1S/C24H34FN5O5/c1-4-5-13-29-22(26)21(23(33)28-24(29)34)30(15-16(2)3)20(32)11-10-19(31)27-12-14-35-18-8-6-17(25)7-9-18/h6-9,16H,4-5,10-15,26H2,1-3H3,(H,27,31)(H,28,33,34). The molecule has 35 heavy (non-hydrogen) atoms. The van der Waals surface area contributed by atoms with Crippen molar-refractivity contribution in [3.8, 4) is 5.75 Å². The molecule has 1 aromatic heterocycles. The first-order chi connectivity index (χ1) is 16.6. The second kappa shape index (κ2) is 13.3. The van der Waals surface area contributed by atoms with Crippen LogP contribution in [0.15, 0.2) is 33.9 Å². The molecule has 11 heteroatoms. The second-order valence-electron chi connectivity index (χ2n) is 8.55. The Balaban J connectivity index is 2.01. The number of amides is 2. The largest absolute Gasteiger partial charge is 0.492 e. The summed E-state index contributed by atoms with van der Waals surface area (Å²) in [7, 11) is 0. The van der Waals surface area contributed by atoms with Crippen molar-refractivity contribution in [1.82, 2.24) is 14.9 Å². The Bertz CT molecular complexity index is 1110. The number of unbranched alkanes of at least 4 members (excludes halogenated alkanes) is 1. The minimum Gasteiger partial charge on any atom is -0.492 e. The van der Waals surface area contributed by atoms with E-state index in [1.165, 1.54) is 33.7 Å². The quantitative estimate of drug-likeness (QED) is 0.366. The Kier molecular flexibility index (Phi) is 10.5. The molecular weight excluding hydrogens is 457 g/mol. The van der Waals surface area contributed by atoms with Crippen LogP contribution in [0.4, 0.5) is 15.9 Å². The smallest absolute Gasteiger partial charge is 0.330 e. The molecule has 0 fully saturated rings. The van der Waals surface area contributed by atoms with E-state index >= 15 is 0 Å². The van der Waals surface area contributed by atoms with Crippen LogP contribution in [0.1, 0.15) is 46.5 Å². The van der Waals surface area contributed by atoms with Gasteiger partial charge in [0.15, 0.2) is 5.69 Å². The van der Waals surface area contributed by atoms with E-state index < -0.39 is 17.2 Å². The van der Waals surface area contributed by atoms with Crippen LogP contribution in [-0.4, -0.2) is 41.1 Å². The Hall–Kier alpha value is -3.63. The van der Waals surface area contributed by atoms with Gasteiger partial charge >= 0.3 is 5.69 Å². The van der Waals surface area contributed by atoms with Gasteiger partial charge in [-0.2, -0.15) is 0 Å². The molecule has 1 heterocycles. The number of anilines is 2. The summed E-state index contributed by atoms with van der Waals surface area (Å²) in [6.45, 7) is 6.62. The molecule has 2 amide bonds. The van der Waals surface area contributed by atoms with Gasteiger partial charge < -0.3 is 20.7 Å². The van der Waals surface area contributed by atoms with E-state index in [0.717, 1.165) is 6.42 Å². The minimum atomic E-state index is -0.739. The van der Waals surface area contributed by atoms with E-state index in [9.17, 15) is 23.6 Å². The van der Waals surface area contributed by atoms with Gasteiger partial charge in [0, 0.05) is 25.9 Å². The van der Waals surface area contributed by atoms with Crippen LogP contribution in [0.3, 0.4) is 0 Å². The normalized spacial score (nSPS) is 10.9. The number of nitrogen functional groups attached to an aromatic ring is 1. The zero-order valence-electron chi connectivity index (χ0n) is 20.4. The third-order valence-electron chi connectivity index (χ3n) is 5.14. The fourth-order valence-electron chi connectivity index (χ4n) is 3.39. The first-order valence-corrected chi connectivity index (χ1v) is 11.7. The highest BCUT2D eigenvalue weighted by atomic mass is 19.1. The van der Waals surface area contributed by atoms with Gasteiger partial charge in [-0.3, -0.25) is 23.9 Å². The van der Waals surface area contributed by atoms with E-state index in [1.807, 2.05) is 20.8 Å². The maximum Gasteiger partial charge on any atom is 0.330 e. The number of hydrogen-bond donors (Lipinski definition) is 3. The van der Waals surface area contributed by atoms with Gasteiger partial charge in [-0.05, 0) is 36.6 Å². The van der Waals surface area contributed by atoms with Gasteiger partial charge in [-0.15, -0.1) is 0 Å². The van der Waals surface area contributed by atoms with E-state index in [1.54, 1.807) is 0 Å². The Labute approximate surface area is 203 Å². The number of nitrogens with two attached hydrogens (primary N) is 1. The van der Waals surface area contributed by atoms with Crippen molar-refractivity contribution in [1.29, 1.82) is 0 Å². The fraction of sp³-hybridized carbons (Fsp3) is 0.500. The molecule has 1 aromatic carbocycles. The molecule has 0 aliphatic rings. The number of ether oxygens (including phenoxy) is 1. The van der Waals surface area contributed by atoms with Crippen LogP contribution in [0.25, 0.3) is 0 Å². The van der Waals surface area contributed by atoms with Crippen molar-refractivity contribution in [2.45, 2.75) is 53.0 Å². The lowest BCUT2D eigenvalue weighted by Crippen LogP contribution is -2.43. The van der Waals surface area contributed by atoms with Gasteiger partial charge in [-0.1, -0.05) is 27.2 Å². The molecule has 0 radical (unpaired) electrons. The van der Waals surface area contributed by atoms with Crippen molar-refractivity contribution >= 4 is 23.3 Å². The van der Waals surface area contributed by atoms with Gasteiger partial charge in [-0.25, -0.2) is 9.18 Å². The third-order valence-corrected chi connectivity index (χ3v) is 5.14. The number of benzene rings is 1. The predicted octanol–water partition coefficient (Wildman–Crippen LogP) is 2.02. The lowest BCUT2D eigenvalue weighted by Gasteiger charge is -2.26. The molecule has 0 atom stereocenters. The summed E-state index contributed by atoms with van der Waals surface area (Å²) in [5.74, 6) is -0.766. The maximum absolute atomic E-state index is 13.0. The molecule has 2 rings (SSSR count). The lowest BCUT2D eigenvalue weighted by atomic mass is 10.1. The first kappa shape index (κ1) is 27.6. The highest BCUT2D eigenvalue weighted by Gasteiger charge is 2.25. The topological polar surface area (TPSA) is 140 Å². The number of aromatic amines is 1. The molecule has 0 unspecified atom stereocenters. The van der Waals surface area contributed by atoms with Crippen LogP contribution >= 0.6 is 0 Å². The summed E-state index contributed by atoms with van der Waals surface area (Å²) >= 11 is 0. The van der Waals surface area contributed by atoms with Crippen LogP contribution in [0.2, 0.25) is 0 Å². The third kappa shape index (κ3) is 8.27. The highest BCUT2D eigenvalue weighted by molar-refractivity contribution is 5.97. The monoisotopic (exact) mass is 491 g/mol. The number of aromatic nitrogens is 2. The summed E-state index contributed by atoms with van der Waals surface area (Å²) in [4.78, 5) is 53.6. The van der Waals surface area contributed by atoms with Crippen molar-refractivity contribution in [2.24, 2.45) is 5.92 Å². The maximum atomic E-state index is 13.0. The number of halogens is 1. The number of carbonyl (C=O) groups is 2. The van der Waals surface area contributed by atoms with Crippen LogP contribution in [0, 0.1) is 11.7 Å². The Morgan fingerprint density at radius 2 is 1.89 bits per heavy atom. The van der Waals surface area contributed by atoms with Crippen LogP contribution in [-0.2, 0) is 16.1 Å². The van der Waals surface area contributed by atoms with Crippen molar-refractivity contribution in [2.75, 3.05) is 30.3 Å². The van der Waals surface area contributed by atoms with Gasteiger partial charge in [0.1, 0.15) is 24.0 Å². The van der Waals surface area contributed by atoms with Gasteiger partial charge in [0.05, 0.1) is 6.54 Å².